The first-order valence-corrected chi connectivity index (χ1v) is 9.08. The third-order valence-corrected chi connectivity index (χ3v) is 2.72. The monoisotopic (exact) mass is 327 g/mol. The summed E-state index contributed by atoms with van der Waals surface area (Å²) in [6.07, 6.45) is 7.10. The second kappa shape index (κ2) is 9.69. The van der Waals surface area contributed by atoms with Crippen molar-refractivity contribution in [1.82, 2.24) is 15.0 Å². The number of nitrogens with zero attached hydrogens (tertiary/aromatic N) is 3. The van der Waals surface area contributed by atoms with E-state index >= 15 is 0 Å². The third-order valence-electron chi connectivity index (χ3n) is 1.53. The van der Waals surface area contributed by atoms with Gasteiger partial charge in [-0.1, -0.05) is 0 Å². The number of rotatable bonds is 7. The molecule has 0 amide bonds. The molecule has 0 bridgehead atoms. The average molecular weight is 327 g/mol. The fraction of sp³-hybridized carbons (Fsp3) is 0.667. The Kier molecular flexibility index (Phi) is 9.12. The number of hydrogen-bond acceptors (Lipinski definition) is 9. The Morgan fingerprint density at radius 3 is 1.25 bits per heavy atom. The van der Waals surface area contributed by atoms with Gasteiger partial charge in [0.25, 0.3) is 20.2 Å². The van der Waals surface area contributed by atoms with E-state index in [2.05, 4.69) is 23.3 Å². The lowest BCUT2D eigenvalue weighted by Gasteiger charge is -2.01. The van der Waals surface area contributed by atoms with Crippen LogP contribution in [0.5, 0.6) is 0 Å². The van der Waals surface area contributed by atoms with Crippen molar-refractivity contribution in [1.29, 1.82) is 0 Å². The molecule has 11 heteroatoms. The van der Waals surface area contributed by atoms with Crippen molar-refractivity contribution in [3.63, 3.8) is 0 Å². The van der Waals surface area contributed by atoms with Gasteiger partial charge in [-0.25, -0.2) is 15.0 Å². The quantitative estimate of drug-likeness (QED) is 0.485. The minimum absolute atomic E-state index is 0.0476. The van der Waals surface area contributed by atoms with Crippen molar-refractivity contribution in [2.24, 2.45) is 0 Å². The number of unbranched alkanes of at least 4 members (excludes halogenated alkanes) is 1. The second-order valence-electron chi connectivity index (χ2n) is 3.55. The van der Waals surface area contributed by atoms with Gasteiger partial charge in [0.1, 0.15) is 19.0 Å². The normalized spacial score (nSPS) is 11.5. The molecular formula is C9H17N3O6S2. The molecule has 1 rings (SSSR count). The van der Waals surface area contributed by atoms with E-state index in [-0.39, 0.29) is 13.2 Å². The average Bonchev–Trinajstić information content (AvgIpc) is 2.34. The van der Waals surface area contributed by atoms with Crippen molar-refractivity contribution in [3.8, 4) is 0 Å². The highest BCUT2D eigenvalue weighted by molar-refractivity contribution is 7.86. The molecule has 0 N–H and O–H groups in total. The molecular weight excluding hydrogens is 310 g/mol. The fourth-order valence-electron chi connectivity index (χ4n) is 0.830. The lowest BCUT2D eigenvalue weighted by molar-refractivity contribution is 0.273. The Balaban J connectivity index is 0.000000493. The summed E-state index contributed by atoms with van der Waals surface area (Å²) in [5, 5.41) is 0. The fourth-order valence-corrected chi connectivity index (χ4v) is 1.67. The largest absolute Gasteiger partial charge is 0.270 e. The van der Waals surface area contributed by atoms with Crippen LogP contribution in [0.4, 0.5) is 0 Å². The van der Waals surface area contributed by atoms with Gasteiger partial charge in [0.15, 0.2) is 0 Å². The molecule has 0 aliphatic rings. The third kappa shape index (κ3) is 16.8. The summed E-state index contributed by atoms with van der Waals surface area (Å²) in [6, 6.07) is 0. The van der Waals surface area contributed by atoms with Crippen LogP contribution in [0.2, 0.25) is 0 Å². The second-order valence-corrected chi connectivity index (χ2v) is 6.84. The molecule has 0 saturated carbocycles. The van der Waals surface area contributed by atoms with Gasteiger partial charge in [0.2, 0.25) is 0 Å². The molecule has 0 aliphatic carbocycles. The topological polar surface area (TPSA) is 125 Å². The summed E-state index contributed by atoms with van der Waals surface area (Å²) in [7, 11) is -6.80. The predicted octanol–water partition coefficient (Wildman–Crippen LogP) is -0.409. The molecule has 20 heavy (non-hydrogen) atoms. The summed E-state index contributed by atoms with van der Waals surface area (Å²) in [5.41, 5.74) is 0. The maximum absolute atomic E-state index is 10.5. The van der Waals surface area contributed by atoms with Crippen LogP contribution in [0.25, 0.3) is 0 Å². The zero-order chi connectivity index (χ0) is 15.5. The molecule has 0 unspecified atom stereocenters. The van der Waals surface area contributed by atoms with Gasteiger partial charge < -0.3 is 0 Å². The van der Waals surface area contributed by atoms with Crippen molar-refractivity contribution in [2.45, 2.75) is 12.8 Å². The smallest absolute Gasteiger partial charge is 0.264 e. The molecule has 1 aromatic heterocycles. The number of hydrogen-bond donors (Lipinski definition) is 0. The zero-order valence-corrected chi connectivity index (χ0v) is 12.8. The molecule has 0 fully saturated rings. The lowest BCUT2D eigenvalue weighted by Crippen LogP contribution is -2.07. The van der Waals surface area contributed by atoms with Gasteiger partial charge in [-0.15, -0.1) is 0 Å². The van der Waals surface area contributed by atoms with E-state index in [1.165, 1.54) is 19.0 Å². The van der Waals surface area contributed by atoms with E-state index in [1.54, 1.807) is 0 Å². The van der Waals surface area contributed by atoms with Crippen LogP contribution in [0, 0.1) is 0 Å². The molecule has 0 saturated heterocycles. The van der Waals surface area contributed by atoms with E-state index in [0.717, 1.165) is 12.5 Å². The van der Waals surface area contributed by atoms with Gasteiger partial charge in [-0.05, 0) is 12.8 Å². The van der Waals surface area contributed by atoms with Crippen LogP contribution in [-0.2, 0) is 28.6 Å². The Labute approximate surface area is 118 Å². The highest BCUT2D eigenvalue weighted by Crippen LogP contribution is 1.96. The van der Waals surface area contributed by atoms with E-state index in [0.29, 0.717) is 12.8 Å². The predicted molar refractivity (Wildman–Crippen MR) is 70.7 cm³/mol. The molecule has 0 aliphatic heterocycles. The Hall–Kier alpha value is -1.17. The Morgan fingerprint density at radius 2 is 1.05 bits per heavy atom. The maximum Gasteiger partial charge on any atom is 0.264 e. The van der Waals surface area contributed by atoms with Gasteiger partial charge in [0, 0.05) is 0 Å². The molecule has 1 heterocycles. The van der Waals surface area contributed by atoms with Gasteiger partial charge >= 0.3 is 0 Å². The standard InChI is InChI=1S/C6H14O6S2.C3H3N3/c1-13(7,8)11-5-3-4-6-12-14(2,9)10;1-4-2-6-3-5-1/h3-6H2,1-2H3;1-3H. The van der Waals surface area contributed by atoms with Gasteiger partial charge in [-0.3, -0.25) is 8.37 Å². The summed E-state index contributed by atoms with van der Waals surface area (Å²) < 4.78 is 50.8. The Bertz CT molecular complexity index is 484. The summed E-state index contributed by atoms with van der Waals surface area (Å²) in [6.45, 7) is 0.0951. The van der Waals surface area contributed by atoms with Crippen molar-refractivity contribution in [3.05, 3.63) is 19.0 Å². The van der Waals surface area contributed by atoms with Gasteiger partial charge in [0.05, 0.1) is 25.7 Å². The van der Waals surface area contributed by atoms with Crippen molar-refractivity contribution in [2.75, 3.05) is 25.7 Å². The van der Waals surface area contributed by atoms with Crippen molar-refractivity contribution < 1.29 is 25.2 Å². The first-order chi connectivity index (χ1) is 9.21. The van der Waals surface area contributed by atoms with Crippen LogP contribution in [0.1, 0.15) is 12.8 Å². The summed E-state index contributed by atoms with van der Waals surface area (Å²) >= 11 is 0. The first kappa shape index (κ1) is 18.8. The van der Waals surface area contributed by atoms with E-state index < -0.39 is 20.2 Å². The lowest BCUT2D eigenvalue weighted by atomic mass is 10.3. The van der Waals surface area contributed by atoms with E-state index in [4.69, 9.17) is 0 Å². The van der Waals surface area contributed by atoms with Crippen LogP contribution < -0.4 is 0 Å². The van der Waals surface area contributed by atoms with Crippen LogP contribution in [-0.4, -0.2) is 57.5 Å². The van der Waals surface area contributed by atoms with Crippen molar-refractivity contribution >= 4 is 20.2 Å². The van der Waals surface area contributed by atoms with Crippen LogP contribution in [0.15, 0.2) is 19.0 Å². The highest BCUT2D eigenvalue weighted by Gasteiger charge is 2.02. The molecule has 0 radical (unpaired) electrons. The highest BCUT2D eigenvalue weighted by atomic mass is 32.2. The molecule has 1 aromatic rings. The van der Waals surface area contributed by atoms with Crippen LogP contribution >= 0.6 is 0 Å². The molecule has 0 aromatic carbocycles. The molecule has 116 valence electrons. The first-order valence-electron chi connectivity index (χ1n) is 5.44. The van der Waals surface area contributed by atoms with Gasteiger partial charge in [-0.2, -0.15) is 16.8 Å². The molecule has 0 atom stereocenters. The zero-order valence-electron chi connectivity index (χ0n) is 11.2. The number of aromatic nitrogens is 3. The maximum atomic E-state index is 10.5. The van der Waals surface area contributed by atoms with E-state index in [1.807, 2.05) is 0 Å². The molecule has 9 nitrogen and oxygen atoms in total. The minimum atomic E-state index is -3.40. The minimum Gasteiger partial charge on any atom is -0.270 e. The summed E-state index contributed by atoms with van der Waals surface area (Å²) in [5.74, 6) is 0. The summed E-state index contributed by atoms with van der Waals surface area (Å²) in [4.78, 5) is 10.7. The Morgan fingerprint density at radius 1 is 0.750 bits per heavy atom. The van der Waals surface area contributed by atoms with Crippen LogP contribution in [0.3, 0.4) is 0 Å². The molecule has 0 spiro atoms. The SMILES string of the molecule is CS(=O)(=O)OCCCCOS(C)(=O)=O.c1ncncn1. The van der Waals surface area contributed by atoms with E-state index in [9.17, 15) is 16.8 Å².